The third kappa shape index (κ3) is 2.67. The summed E-state index contributed by atoms with van der Waals surface area (Å²) in [4.78, 5) is 17.8. The first-order valence-corrected chi connectivity index (χ1v) is 8.20. The Hall–Kier alpha value is -3.35. The van der Waals surface area contributed by atoms with Gasteiger partial charge in [0.25, 0.3) is 0 Å². The van der Waals surface area contributed by atoms with Crippen molar-refractivity contribution in [1.29, 1.82) is 0 Å². The summed E-state index contributed by atoms with van der Waals surface area (Å²) in [5, 5.41) is 5.54. The normalized spacial score (nSPS) is 11.1. The number of nitrogens with zero attached hydrogens (tertiary/aromatic N) is 6. The van der Waals surface area contributed by atoms with Crippen molar-refractivity contribution in [3.63, 3.8) is 0 Å². The Labute approximate surface area is 150 Å². The molecular formula is C19H18N6O. The molecule has 26 heavy (non-hydrogen) atoms. The van der Waals surface area contributed by atoms with Crippen LogP contribution in [0.1, 0.15) is 11.4 Å². The second kappa shape index (κ2) is 6.18. The highest BCUT2D eigenvalue weighted by atomic mass is 16.5. The van der Waals surface area contributed by atoms with E-state index in [-0.39, 0.29) is 0 Å². The van der Waals surface area contributed by atoms with E-state index in [9.17, 15) is 0 Å². The Morgan fingerprint density at radius 3 is 2.58 bits per heavy atom. The van der Waals surface area contributed by atoms with Gasteiger partial charge in [-0.3, -0.25) is 14.6 Å². The van der Waals surface area contributed by atoms with Gasteiger partial charge in [0.15, 0.2) is 5.65 Å². The van der Waals surface area contributed by atoms with Crippen LogP contribution in [0.4, 0.5) is 0 Å². The van der Waals surface area contributed by atoms with Gasteiger partial charge in [-0.2, -0.15) is 5.10 Å². The summed E-state index contributed by atoms with van der Waals surface area (Å²) in [6, 6.07) is 5.77. The molecule has 0 aliphatic heterocycles. The molecule has 0 amide bonds. The zero-order chi connectivity index (χ0) is 18.3. The Morgan fingerprint density at radius 2 is 1.85 bits per heavy atom. The van der Waals surface area contributed by atoms with Gasteiger partial charge in [-0.25, -0.2) is 9.97 Å². The van der Waals surface area contributed by atoms with E-state index in [1.54, 1.807) is 25.7 Å². The van der Waals surface area contributed by atoms with Crippen molar-refractivity contribution in [3.8, 4) is 28.4 Å². The Bertz CT molecular complexity index is 1100. The Kier molecular flexibility index (Phi) is 3.84. The van der Waals surface area contributed by atoms with E-state index in [0.29, 0.717) is 11.5 Å². The molecule has 0 aromatic carbocycles. The molecule has 0 spiro atoms. The minimum absolute atomic E-state index is 0.540. The van der Waals surface area contributed by atoms with Crippen LogP contribution in [0.3, 0.4) is 0 Å². The maximum atomic E-state index is 5.23. The molecule has 0 unspecified atom stereocenters. The van der Waals surface area contributed by atoms with E-state index in [4.69, 9.17) is 9.72 Å². The number of aromatic nitrogens is 6. The summed E-state index contributed by atoms with van der Waals surface area (Å²) in [5.74, 6) is 0.540. The molecule has 0 radical (unpaired) electrons. The van der Waals surface area contributed by atoms with Gasteiger partial charge in [-0.05, 0) is 26.0 Å². The average Bonchev–Trinajstić information content (AvgIpc) is 2.96. The Morgan fingerprint density at radius 1 is 1.00 bits per heavy atom. The number of aryl methyl sites for hydroxylation is 3. The second-order valence-corrected chi connectivity index (χ2v) is 6.09. The molecule has 130 valence electrons. The predicted octanol–water partition coefficient (Wildman–Crippen LogP) is 3.11. The van der Waals surface area contributed by atoms with Crippen molar-refractivity contribution in [2.45, 2.75) is 13.8 Å². The van der Waals surface area contributed by atoms with Crippen molar-refractivity contribution >= 4 is 11.0 Å². The summed E-state index contributed by atoms with van der Waals surface area (Å²) in [7, 11) is 3.51. The van der Waals surface area contributed by atoms with Gasteiger partial charge < -0.3 is 4.74 Å². The number of ether oxygens (including phenoxy) is 1. The highest BCUT2D eigenvalue weighted by Gasteiger charge is 2.17. The number of hydrogen-bond acceptors (Lipinski definition) is 6. The maximum absolute atomic E-state index is 5.23. The van der Waals surface area contributed by atoms with E-state index in [1.165, 1.54) is 0 Å². The molecule has 4 rings (SSSR count). The van der Waals surface area contributed by atoms with E-state index in [2.05, 4.69) is 20.1 Å². The molecule has 0 aliphatic rings. The molecular weight excluding hydrogens is 328 g/mol. The van der Waals surface area contributed by atoms with Gasteiger partial charge in [0.1, 0.15) is 0 Å². The van der Waals surface area contributed by atoms with Crippen LogP contribution in [0.5, 0.6) is 5.88 Å². The van der Waals surface area contributed by atoms with E-state index in [0.717, 1.165) is 39.3 Å². The fourth-order valence-electron chi connectivity index (χ4n) is 2.90. The van der Waals surface area contributed by atoms with Crippen LogP contribution in [0.2, 0.25) is 0 Å². The quantitative estimate of drug-likeness (QED) is 0.567. The fourth-order valence-corrected chi connectivity index (χ4v) is 2.90. The molecule has 0 aliphatic carbocycles. The van der Waals surface area contributed by atoms with Gasteiger partial charge in [0, 0.05) is 42.3 Å². The third-order valence-electron chi connectivity index (χ3n) is 4.39. The van der Waals surface area contributed by atoms with E-state index < -0.39 is 0 Å². The summed E-state index contributed by atoms with van der Waals surface area (Å²) in [5.41, 5.74) is 6.03. The van der Waals surface area contributed by atoms with Crippen LogP contribution in [0.15, 0.2) is 36.8 Å². The first kappa shape index (κ1) is 16.1. The number of pyridine rings is 2. The summed E-state index contributed by atoms with van der Waals surface area (Å²) in [6.07, 6.45) is 5.25. The van der Waals surface area contributed by atoms with Gasteiger partial charge >= 0.3 is 0 Å². The SMILES string of the molecule is COc1cc(-c2cc(-c3cnc(C)cn3)c3c(C)n(C)nc3n2)ccn1. The zero-order valence-corrected chi connectivity index (χ0v) is 15.1. The molecule has 4 heterocycles. The molecule has 7 heteroatoms. The first-order valence-electron chi connectivity index (χ1n) is 8.20. The van der Waals surface area contributed by atoms with Crippen molar-refractivity contribution in [2.75, 3.05) is 7.11 Å². The largest absolute Gasteiger partial charge is 0.481 e. The first-order chi connectivity index (χ1) is 12.6. The van der Waals surface area contributed by atoms with Crippen molar-refractivity contribution in [2.24, 2.45) is 7.05 Å². The lowest BCUT2D eigenvalue weighted by Crippen LogP contribution is -1.94. The zero-order valence-electron chi connectivity index (χ0n) is 15.1. The van der Waals surface area contributed by atoms with Gasteiger partial charge in [-0.1, -0.05) is 0 Å². The van der Waals surface area contributed by atoms with Crippen LogP contribution in [-0.2, 0) is 7.05 Å². The maximum Gasteiger partial charge on any atom is 0.213 e. The minimum Gasteiger partial charge on any atom is -0.481 e. The van der Waals surface area contributed by atoms with E-state index >= 15 is 0 Å². The summed E-state index contributed by atoms with van der Waals surface area (Å²) < 4.78 is 7.07. The van der Waals surface area contributed by atoms with Crippen LogP contribution in [-0.4, -0.2) is 36.8 Å². The lowest BCUT2D eigenvalue weighted by Gasteiger charge is -2.08. The number of rotatable bonds is 3. The molecule has 0 bridgehead atoms. The average molecular weight is 346 g/mol. The van der Waals surface area contributed by atoms with Gasteiger partial charge in [0.05, 0.1) is 35.8 Å². The highest BCUT2D eigenvalue weighted by molar-refractivity contribution is 5.95. The Balaban J connectivity index is 2.00. The number of methoxy groups -OCH3 is 1. The molecule has 0 atom stereocenters. The van der Waals surface area contributed by atoms with Gasteiger partial charge in [0.2, 0.25) is 5.88 Å². The number of fused-ring (bicyclic) bond motifs is 1. The van der Waals surface area contributed by atoms with Crippen LogP contribution in [0, 0.1) is 13.8 Å². The molecule has 0 fully saturated rings. The highest BCUT2D eigenvalue weighted by Crippen LogP contribution is 2.32. The van der Waals surface area contributed by atoms with E-state index in [1.807, 2.05) is 43.8 Å². The van der Waals surface area contributed by atoms with Crippen LogP contribution >= 0.6 is 0 Å². The molecule has 0 saturated carbocycles. The molecule has 0 N–H and O–H groups in total. The lowest BCUT2D eigenvalue weighted by molar-refractivity contribution is 0.398. The smallest absolute Gasteiger partial charge is 0.213 e. The van der Waals surface area contributed by atoms with Crippen LogP contribution in [0.25, 0.3) is 33.5 Å². The van der Waals surface area contributed by atoms with Crippen molar-refractivity contribution in [1.82, 2.24) is 29.7 Å². The fraction of sp³-hybridized carbons (Fsp3) is 0.211. The third-order valence-corrected chi connectivity index (χ3v) is 4.39. The molecule has 4 aromatic heterocycles. The van der Waals surface area contributed by atoms with Crippen molar-refractivity contribution in [3.05, 3.63) is 48.2 Å². The standard InChI is InChI=1S/C19H18N6O/c1-11-9-22-16(10-21-11)14-8-15(13-5-6-20-17(7-13)26-4)23-19-18(14)12(2)25(3)24-19/h5-10H,1-4H3. The minimum atomic E-state index is 0.540. The summed E-state index contributed by atoms with van der Waals surface area (Å²) >= 11 is 0. The lowest BCUT2D eigenvalue weighted by atomic mass is 10.0. The summed E-state index contributed by atoms with van der Waals surface area (Å²) in [6.45, 7) is 3.94. The second-order valence-electron chi connectivity index (χ2n) is 6.09. The molecule has 4 aromatic rings. The number of hydrogen-bond donors (Lipinski definition) is 0. The van der Waals surface area contributed by atoms with Gasteiger partial charge in [-0.15, -0.1) is 0 Å². The monoisotopic (exact) mass is 346 g/mol. The van der Waals surface area contributed by atoms with Crippen molar-refractivity contribution < 1.29 is 4.74 Å². The molecule has 7 nitrogen and oxygen atoms in total. The predicted molar refractivity (Wildman–Crippen MR) is 98.8 cm³/mol. The topological polar surface area (TPSA) is 78.6 Å². The molecule has 0 saturated heterocycles. The van der Waals surface area contributed by atoms with Crippen LogP contribution < -0.4 is 4.74 Å².